The van der Waals surface area contributed by atoms with E-state index in [1.54, 1.807) is 0 Å². The molecule has 0 aromatic heterocycles. The molecule has 1 saturated carbocycles. The molecule has 2 nitrogen and oxygen atoms in total. The molecule has 0 aliphatic heterocycles. The number of halogens is 1. The van der Waals surface area contributed by atoms with E-state index in [1.807, 2.05) is 18.2 Å². The molecule has 1 aromatic rings. The number of hydrogen-bond donors (Lipinski definition) is 0. The van der Waals surface area contributed by atoms with E-state index >= 15 is 0 Å². The molecule has 2 rings (SSSR count). The highest BCUT2D eigenvalue weighted by Gasteiger charge is 2.19. The Labute approximate surface area is 114 Å². The molecular weight excluding hydrogens is 268 g/mol. The second-order valence-corrected chi connectivity index (χ2v) is 7.85. The monoisotopic (exact) mass is 286 g/mol. The van der Waals surface area contributed by atoms with Crippen LogP contribution in [0.25, 0.3) is 0 Å². The maximum Gasteiger partial charge on any atom is 0.236 e. The standard InChI is InChI=1S/C14H19ClO2S/c15-18(16,17)11-13-9-5-6-10-14(13)12-7-3-1-2-4-8-12/h5-6,9-10,12H,1-4,7-8,11H2. The Morgan fingerprint density at radius 2 is 1.67 bits per heavy atom. The first-order valence-electron chi connectivity index (χ1n) is 6.56. The Morgan fingerprint density at radius 3 is 2.28 bits per heavy atom. The van der Waals surface area contributed by atoms with E-state index in [4.69, 9.17) is 10.7 Å². The zero-order valence-electron chi connectivity index (χ0n) is 10.4. The third-order valence-corrected chi connectivity index (χ3v) is 4.66. The molecule has 18 heavy (non-hydrogen) atoms. The van der Waals surface area contributed by atoms with Gasteiger partial charge in [-0.3, -0.25) is 0 Å². The van der Waals surface area contributed by atoms with Crippen LogP contribution in [0.3, 0.4) is 0 Å². The van der Waals surface area contributed by atoms with Crippen molar-refractivity contribution in [3.05, 3.63) is 35.4 Å². The lowest BCUT2D eigenvalue weighted by Crippen LogP contribution is -2.05. The van der Waals surface area contributed by atoms with E-state index in [0.717, 1.165) is 5.56 Å². The first-order chi connectivity index (χ1) is 8.56. The summed E-state index contributed by atoms with van der Waals surface area (Å²) in [4.78, 5) is 0. The maximum absolute atomic E-state index is 11.3. The highest BCUT2D eigenvalue weighted by molar-refractivity contribution is 8.13. The Hall–Kier alpha value is -0.540. The van der Waals surface area contributed by atoms with Gasteiger partial charge >= 0.3 is 0 Å². The lowest BCUT2D eigenvalue weighted by molar-refractivity contribution is 0.586. The van der Waals surface area contributed by atoms with Crippen LogP contribution in [0.4, 0.5) is 0 Å². The van der Waals surface area contributed by atoms with Crippen LogP contribution in [-0.2, 0) is 14.8 Å². The first-order valence-corrected chi connectivity index (χ1v) is 9.04. The van der Waals surface area contributed by atoms with Gasteiger partial charge in [0.2, 0.25) is 9.05 Å². The molecule has 1 aliphatic rings. The molecule has 0 N–H and O–H groups in total. The van der Waals surface area contributed by atoms with Crippen molar-refractivity contribution in [2.75, 3.05) is 0 Å². The summed E-state index contributed by atoms with van der Waals surface area (Å²) >= 11 is 0. The van der Waals surface area contributed by atoms with Crippen molar-refractivity contribution in [3.63, 3.8) is 0 Å². The van der Waals surface area contributed by atoms with Gasteiger partial charge < -0.3 is 0 Å². The van der Waals surface area contributed by atoms with Crippen molar-refractivity contribution >= 4 is 19.7 Å². The molecule has 0 bridgehead atoms. The summed E-state index contributed by atoms with van der Waals surface area (Å²) in [5, 5.41) is 0. The van der Waals surface area contributed by atoms with E-state index < -0.39 is 9.05 Å². The third kappa shape index (κ3) is 3.99. The van der Waals surface area contributed by atoms with Crippen molar-refractivity contribution in [2.45, 2.75) is 50.2 Å². The van der Waals surface area contributed by atoms with Gasteiger partial charge in [-0.1, -0.05) is 49.9 Å². The number of hydrogen-bond acceptors (Lipinski definition) is 2. The van der Waals surface area contributed by atoms with Crippen molar-refractivity contribution in [2.24, 2.45) is 0 Å². The molecule has 0 amide bonds. The molecule has 0 saturated heterocycles. The van der Waals surface area contributed by atoms with Crippen molar-refractivity contribution < 1.29 is 8.42 Å². The van der Waals surface area contributed by atoms with Crippen LogP contribution in [0.15, 0.2) is 24.3 Å². The van der Waals surface area contributed by atoms with Gasteiger partial charge in [-0.25, -0.2) is 8.42 Å². The Balaban J connectivity index is 2.25. The molecule has 1 aliphatic carbocycles. The Bertz CT molecular complexity index is 488. The van der Waals surface area contributed by atoms with E-state index in [0.29, 0.717) is 5.92 Å². The van der Waals surface area contributed by atoms with Gasteiger partial charge in [0.15, 0.2) is 0 Å². The van der Waals surface area contributed by atoms with E-state index in [-0.39, 0.29) is 5.75 Å². The van der Waals surface area contributed by atoms with Crippen LogP contribution < -0.4 is 0 Å². The summed E-state index contributed by atoms with van der Waals surface area (Å²) < 4.78 is 22.5. The summed E-state index contributed by atoms with van der Waals surface area (Å²) in [6, 6.07) is 7.83. The molecule has 4 heteroatoms. The highest BCUT2D eigenvalue weighted by atomic mass is 35.7. The average Bonchev–Trinajstić information content (AvgIpc) is 2.56. The maximum atomic E-state index is 11.3. The molecular formula is C14H19ClO2S. The van der Waals surface area contributed by atoms with Crippen LogP contribution in [0.5, 0.6) is 0 Å². The third-order valence-electron chi connectivity index (χ3n) is 3.68. The Morgan fingerprint density at radius 1 is 1.06 bits per heavy atom. The minimum absolute atomic E-state index is 0.0543. The van der Waals surface area contributed by atoms with Gasteiger partial charge in [0.1, 0.15) is 0 Å². The molecule has 1 aromatic carbocycles. The van der Waals surface area contributed by atoms with Crippen LogP contribution in [0, 0.1) is 0 Å². The number of benzene rings is 1. The number of rotatable bonds is 3. The SMILES string of the molecule is O=S(=O)(Cl)Cc1ccccc1C1CCCCCC1. The molecule has 0 spiro atoms. The molecule has 100 valence electrons. The van der Waals surface area contributed by atoms with Gasteiger partial charge in [-0.05, 0) is 29.9 Å². The summed E-state index contributed by atoms with van der Waals surface area (Å²) in [7, 11) is 1.91. The predicted octanol–water partition coefficient (Wildman–Crippen LogP) is 4.19. The molecule has 0 heterocycles. The second kappa shape index (κ2) is 6.07. The quantitative estimate of drug-likeness (QED) is 0.617. The molecule has 0 atom stereocenters. The van der Waals surface area contributed by atoms with Crippen LogP contribution in [-0.4, -0.2) is 8.42 Å². The van der Waals surface area contributed by atoms with Crippen molar-refractivity contribution in [1.29, 1.82) is 0 Å². The van der Waals surface area contributed by atoms with E-state index in [2.05, 4.69) is 6.07 Å². The highest BCUT2D eigenvalue weighted by Crippen LogP contribution is 2.34. The van der Waals surface area contributed by atoms with E-state index in [1.165, 1.54) is 44.1 Å². The normalized spacial score (nSPS) is 18.5. The molecule has 0 unspecified atom stereocenters. The first kappa shape index (κ1) is 13.9. The minimum atomic E-state index is -3.48. The lowest BCUT2D eigenvalue weighted by atomic mass is 9.89. The summed E-state index contributed by atoms with van der Waals surface area (Å²) in [5.74, 6) is 0.448. The smallest absolute Gasteiger partial charge is 0.212 e. The average molecular weight is 287 g/mol. The van der Waals surface area contributed by atoms with Gasteiger partial charge in [0, 0.05) is 10.7 Å². The second-order valence-electron chi connectivity index (χ2n) is 5.07. The lowest BCUT2D eigenvalue weighted by Gasteiger charge is -2.18. The van der Waals surface area contributed by atoms with Gasteiger partial charge in [-0.2, -0.15) is 0 Å². The molecule has 1 fully saturated rings. The van der Waals surface area contributed by atoms with E-state index in [9.17, 15) is 8.42 Å². The predicted molar refractivity (Wildman–Crippen MR) is 75.4 cm³/mol. The fraction of sp³-hybridized carbons (Fsp3) is 0.571. The minimum Gasteiger partial charge on any atom is -0.212 e. The zero-order valence-corrected chi connectivity index (χ0v) is 12.0. The Kier molecular flexibility index (Phi) is 4.68. The van der Waals surface area contributed by atoms with Gasteiger partial charge in [0.25, 0.3) is 0 Å². The van der Waals surface area contributed by atoms with Gasteiger partial charge in [-0.15, -0.1) is 0 Å². The summed E-state index contributed by atoms with van der Waals surface area (Å²) in [6.45, 7) is 0. The van der Waals surface area contributed by atoms with Crippen LogP contribution >= 0.6 is 10.7 Å². The zero-order chi connectivity index (χ0) is 13.0. The topological polar surface area (TPSA) is 34.1 Å². The van der Waals surface area contributed by atoms with Crippen molar-refractivity contribution in [1.82, 2.24) is 0 Å². The van der Waals surface area contributed by atoms with Crippen LogP contribution in [0.1, 0.15) is 55.6 Å². The fourth-order valence-electron chi connectivity index (χ4n) is 2.84. The van der Waals surface area contributed by atoms with Crippen molar-refractivity contribution in [3.8, 4) is 0 Å². The fourth-order valence-corrected chi connectivity index (χ4v) is 3.83. The summed E-state index contributed by atoms with van der Waals surface area (Å²) in [6.07, 6.45) is 7.41. The molecule has 0 radical (unpaired) electrons. The van der Waals surface area contributed by atoms with Crippen LogP contribution in [0.2, 0.25) is 0 Å². The van der Waals surface area contributed by atoms with Gasteiger partial charge in [0.05, 0.1) is 5.75 Å². The largest absolute Gasteiger partial charge is 0.236 e. The summed E-state index contributed by atoms with van der Waals surface area (Å²) in [5.41, 5.74) is 2.06.